The highest BCUT2D eigenvalue weighted by atomic mass is 32.1. The molecule has 8 nitrogen and oxygen atoms in total. The van der Waals surface area contributed by atoms with Crippen LogP contribution in [0.25, 0.3) is 21.3 Å². The summed E-state index contributed by atoms with van der Waals surface area (Å²) >= 11 is 1.46. The van der Waals surface area contributed by atoms with Crippen molar-refractivity contribution in [2.75, 3.05) is 5.32 Å². The summed E-state index contributed by atoms with van der Waals surface area (Å²) in [7, 11) is 0. The average Bonchev–Trinajstić information content (AvgIpc) is 3.23. The quantitative estimate of drug-likeness (QED) is 0.487. The van der Waals surface area contributed by atoms with Crippen molar-refractivity contribution in [3.8, 4) is 0 Å². The van der Waals surface area contributed by atoms with Crippen LogP contribution in [0.4, 0.5) is 5.69 Å². The number of carboxylic acids is 1. The number of aryl methyl sites for hydroxylation is 1. The normalized spacial score (nSPS) is 12.5. The van der Waals surface area contributed by atoms with Gasteiger partial charge in [0, 0.05) is 17.5 Å². The van der Waals surface area contributed by atoms with Crippen molar-refractivity contribution >= 4 is 44.2 Å². The molecular weight excluding hydrogens is 340 g/mol. The van der Waals surface area contributed by atoms with Crippen LogP contribution in [0.3, 0.4) is 0 Å². The molecular formula is C16H14N6O2S. The van der Waals surface area contributed by atoms with E-state index in [1.807, 2.05) is 18.2 Å². The number of benzene rings is 1. The second kappa shape index (κ2) is 6.44. The van der Waals surface area contributed by atoms with Crippen molar-refractivity contribution < 1.29 is 9.90 Å². The molecule has 0 aliphatic carbocycles. The van der Waals surface area contributed by atoms with E-state index in [0.29, 0.717) is 12.8 Å². The van der Waals surface area contributed by atoms with Crippen LogP contribution in [0.15, 0.2) is 36.9 Å². The summed E-state index contributed by atoms with van der Waals surface area (Å²) in [4.78, 5) is 25.0. The van der Waals surface area contributed by atoms with Crippen LogP contribution in [0.1, 0.15) is 11.4 Å². The van der Waals surface area contributed by atoms with Crippen molar-refractivity contribution in [2.24, 2.45) is 0 Å². The van der Waals surface area contributed by atoms with Gasteiger partial charge < -0.3 is 10.4 Å². The Morgan fingerprint density at radius 3 is 3.12 bits per heavy atom. The minimum atomic E-state index is -0.895. The van der Waals surface area contributed by atoms with E-state index in [2.05, 4.69) is 30.5 Å². The lowest BCUT2D eigenvalue weighted by molar-refractivity contribution is -0.138. The smallest absolute Gasteiger partial charge is 0.326 e. The van der Waals surface area contributed by atoms with E-state index in [1.165, 1.54) is 17.7 Å². The van der Waals surface area contributed by atoms with Gasteiger partial charge in [-0.1, -0.05) is 11.3 Å². The van der Waals surface area contributed by atoms with Crippen molar-refractivity contribution in [3.05, 3.63) is 41.9 Å². The van der Waals surface area contributed by atoms with Gasteiger partial charge >= 0.3 is 5.97 Å². The average molecular weight is 354 g/mol. The predicted octanol–water partition coefficient (Wildman–Crippen LogP) is 2.46. The first-order chi connectivity index (χ1) is 12.2. The molecule has 0 aliphatic heterocycles. The highest BCUT2D eigenvalue weighted by Crippen LogP contribution is 2.22. The lowest BCUT2D eigenvalue weighted by atomic mass is 10.1. The number of nitrogens with one attached hydrogen (secondary N) is 2. The summed E-state index contributed by atoms with van der Waals surface area (Å²) in [6.07, 6.45) is 5.83. The Kier molecular flexibility index (Phi) is 3.98. The van der Waals surface area contributed by atoms with Gasteiger partial charge in [-0.15, -0.1) is 0 Å². The number of rotatable bonds is 6. The lowest BCUT2D eigenvalue weighted by Crippen LogP contribution is -2.29. The fourth-order valence-electron chi connectivity index (χ4n) is 2.60. The van der Waals surface area contributed by atoms with Crippen LogP contribution in [0.2, 0.25) is 0 Å². The SMILES string of the molecule is O=C(O)C(CCc1nc2cncnc2s1)Nc1ccc2[nH]ncc2c1. The largest absolute Gasteiger partial charge is 0.480 e. The van der Waals surface area contributed by atoms with Gasteiger partial charge in [-0.05, 0) is 24.6 Å². The Hall–Kier alpha value is -3.07. The Labute approximate surface area is 146 Å². The molecule has 126 valence electrons. The number of thiazole rings is 1. The summed E-state index contributed by atoms with van der Waals surface area (Å²) in [5, 5.41) is 21.2. The van der Waals surface area contributed by atoms with Gasteiger partial charge in [0.15, 0.2) is 0 Å². The fraction of sp³-hybridized carbons (Fsp3) is 0.188. The van der Waals surface area contributed by atoms with E-state index in [0.717, 1.165) is 31.9 Å². The van der Waals surface area contributed by atoms with Crippen molar-refractivity contribution in [1.82, 2.24) is 25.1 Å². The molecule has 0 fully saturated rings. The zero-order valence-electron chi connectivity index (χ0n) is 13.0. The first kappa shape index (κ1) is 15.5. The molecule has 3 N–H and O–H groups in total. The third kappa shape index (κ3) is 3.26. The van der Waals surface area contributed by atoms with Crippen LogP contribution < -0.4 is 5.32 Å². The van der Waals surface area contributed by atoms with E-state index in [9.17, 15) is 9.90 Å². The first-order valence-corrected chi connectivity index (χ1v) is 8.48. The van der Waals surface area contributed by atoms with E-state index in [-0.39, 0.29) is 0 Å². The van der Waals surface area contributed by atoms with E-state index < -0.39 is 12.0 Å². The number of hydrogen-bond donors (Lipinski definition) is 3. The highest BCUT2D eigenvalue weighted by molar-refractivity contribution is 7.18. The number of fused-ring (bicyclic) bond motifs is 2. The summed E-state index contributed by atoms with van der Waals surface area (Å²) in [5.74, 6) is -0.895. The molecule has 3 heterocycles. The Balaban J connectivity index is 1.48. The molecule has 1 unspecified atom stereocenters. The topological polar surface area (TPSA) is 117 Å². The zero-order chi connectivity index (χ0) is 17.2. The standard InChI is InChI=1S/C16H14N6O2S/c23-16(24)12(20-10-1-2-11-9(5-10)6-19-22-11)3-4-14-21-13-7-17-8-18-15(13)25-14/h1-2,5-8,12,20H,3-4H2,(H,19,22)(H,23,24). The third-order valence-corrected chi connectivity index (χ3v) is 4.88. The Morgan fingerprint density at radius 1 is 1.36 bits per heavy atom. The van der Waals surface area contributed by atoms with Gasteiger partial charge in [0.2, 0.25) is 0 Å². The van der Waals surface area contributed by atoms with Gasteiger partial charge in [-0.25, -0.2) is 19.7 Å². The maximum absolute atomic E-state index is 11.6. The highest BCUT2D eigenvalue weighted by Gasteiger charge is 2.18. The van der Waals surface area contributed by atoms with Gasteiger partial charge in [-0.2, -0.15) is 5.10 Å². The van der Waals surface area contributed by atoms with Crippen LogP contribution in [0.5, 0.6) is 0 Å². The van der Waals surface area contributed by atoms with E-state index >= 15 is 0 Å². The fourth-order valence-corrected chi connectivity index (χ4v) is 3.49. The number of anilines is 1. The number of hydrogen-bond acceptors (Lipinski definition) is 7. The van der Waals surface area contributed by atoms with Gasteiger partial charge in [0.25, 0.3) is 0 Å². The number of H-pyrrole nitrogens is 1. The molecule has 0 radical (unpaired) electrons. The van der Waals surface area contributed by atoms with Crippen molar-refractivity contribution in [3.63, 3.8) is 0 Å². The molecule has 0 spiro atoms. The number of carboxylic acid groups (broad SMARTS) is 1. The van der Waals surface area contributed by atoms with Crippen LogP contribution in [-0.4, -0.2) is 42.3 Å². The minimum Gasteiger partial charge on any atom is -0.480 e. The number of aromatic nitrogens is 5. The summed E-state index contributed by atoms with van der Waals surface area (Å²) < 4.78 is 0. The van der Waals surface area contributed by atoms with E-state index in [1.54, 1.807) is 12.4 Å². The van der Waals surface area contributed by atoms with Gasteiger partial charge in [-0.3, -0.25) is 5.10 Å². The summed E-state index contributed by atoms with van der Waals surface area (Å²) in [6, 6.07) is 4.88. The van der Waals surface area contributed by atoms with Crippen LogP contribution in [0, 0.1) is 0 Å². The monoisotopic (exact) mass is 354 g/mol. The van der Waals surface area contributed by atoms with Crippen molar-refractivity contribution in [2.45, 2.75) is 18.9 Å². The molecule has 4 rings (SSSR count). The summed E-state index contributed by atoms with van der Waals surface area (Å²) in [5.41, 5.74) is 2.40. The Morgan fingerprint density at radius 2 is 2.28 bits per heavy atom. The zero-order valence-corrected chi connectivity index (χ0v) is 13.8. The molecule has 9 heteroatoms. The minimum absolute atomic E-state index is 0.423. The van der Waals surface area contributed by atoms with Gasteiger partial charge in [0.05, 0.1) is 22.9 Å². The maximum Gasteiger partial charge on any atom is 0.326 e. The van der Waals surface area contributed by atoms with Crippen molar-refractivity contribution in [1.29, 1.82) is 0 Å². The molecule has 0 saturated carbocycles. The Bertz CT molecular complexity index is 1010. The van der Waals surface area contributed by atoms with Gasteiger partial charge in [0.1, 0.15) is 22.7 Å². The second-order valence-electron chi connectivity index (χ2n) is 5.57. The maximum atomic E-state index is 11.6. The van der Waals surface area contributed by atoms with Crippen LogP contribution in [-0.2, 0) is 11.2 Å². The molecule has 0 aliphatic rings. The predicted molar refractivity (Wildman–Crippen MR) is 94.7 cm³/mol. The lowest BCUT2D eigenvalue weighted by Gasteiger charge is -2.15. The number of carbonyl (C=O) groups is 1. The molecule has 3 aromatic heterocycles. The van der Waals surface area contributed by atoms with Crippen LogP contribution >= 0.6 is 11.3 Å². The molecule has 0 bridgehead atoms. The number of nitrogens with zero attached hydrogens (tertiary/aromatic N) is 4. The molecule has 1 atom stereocenters. The molecule has 25 heavy (non-hydrogen) atoms. The molecule has 4 aromatic rings. The third-order valence-electron chi connectivity index (χ3n) is 3.84. The summed E-state index contributed by atoms with van der Waals surface area (Å²) in [6.45, 7) is 0. The molecule has 0 amide bonds. The first-order valence-electron chi connectivity index (χ1n) is 7.67. The second-order valence-corrected chi connectivity index (χ2v) is 6.63. The van der Waals surface area contributed by atoms with E-state index in [4.69, 9.17) is 0 Å². The number of aliphatic carboxylic acids is 1. The number of aromatic amines is 1. The molecule has 0 saturated heterocycles. The molecule has 1 aromatic carbocycles.